The number of piperidine rings is 1. The van der Waals surface area contributed by atoms with E-state index < -0.39 is 30.2 Å². The molecule has 1 aliphatic rings. The largest absolute Gasteiger partial charge is 0.461 e. The van der Waals surface area contributed by atoms with Gasteiger partial charge in [-0.2, -0.15) is 22.7 Å². The molecule has 254 valence electrons. The van der Waals surface area contributed by atoms with Crippen LogP contribution in [0.2, 0.25) is 0 Å². The molecule has 12 heteroatoms. The van der Waals surface area contributed by atoms with Crippen LogP contribution in [0.5, 0.6) is 5.75 Å². The number of hydrogen-bond acceptors (Lipinski definition) is 4. The lowest BCUT2D eigenvalue weighted by atomic mass is 9.89. The molecule has 48 heavy (non-hydrogen) atoms. The second-order valence-corrected chi connectivity index (χ2v) is 13.1. The summed E-state index contributed by atoms with van der Waals surface area (Å²) in [6.07, 6.45) is -6.64. The summed E-state index contributed by atoms with van der Waals surface area (Å²) < 4.78 is 57.7. The van der Waals surface area contributed by atoms with Gasteiger partial charge in [0.05, 0.1) is 11.4 Å². The Morgan fingerprint density at radius 2 is 1.62 bits per heavy atom. The number of ether oxygens (including phenoxy) is 1. The van der Waals surface area contributed by atoms with Crippen molar-refractivity contribution in [2.24, 2.45) is 5.92 Å². The molecule has 0 unspecified atom stereocenters. The number of carbonyl (C=O) groups is 2. The highest BCUT2D eigenvalue weighted by atomic mass is 19.3. The van der Waals surface area contributed by atoms with E-state index in [2.05, 4.69) is 36.1 Å². The van der Waals surface area contributed by atoms with Gasteiger partial charge in [-0.15, -0.1) is 0 Å². The summed E-state index contributed by atoms with van der Waals surface area (Å²) in [7, 11) is 0. The fraction of sp³-hybridized carbons (Fsp3) is 0.361. The van der Waals surface area contributed by atoms with Gasteiger partial charge < -0.3 is 15.0 Å². The van der Waals surface area contributed by atoms with Crippen molar-refractivity contribution in [2.45, 2.75) is 64.9 Å². The van der Waals surface area contributed by atoms with Crippen LogP contribution in [-0.4, -0.2) is 52.2 Å². The molecule has 0 bridgehead atoms. The van der Waals surface area contributed by atoms with E-state index in [9.17, 15) is 27.2 Å². The topological polar surface area (TPSA) is 88.5 Å². The highest BCUT2D eigenvalue weighted by Crippen LogP contribution is 2.31. The highest BCUT2D eigenvalue weighted by Gasteiger charge is 2.44. The molecule has 0 spiro atoms. The summed E-state index contributed by atoms with van der Waals surface area (Å²) in [5.41, 5.74) is 4.23. The number of urea groups is 1. The lowest BCUT2D eigenvalue weighted by molar-refractivity contribution is -0.253. The van der Waals surface area contributed by atoms with Crippen LogP contribution in [0.1, 0.15) is 60.8 Å². The van der Waals surface area contributed by atoms with Crippen LogP contribution in [-0.2, 0) is 11.8 Å². The van der Waals surface area contributed by atoms with Gasteiger partial charge >= 0.3 is 18.6 Å². The number of benzene rings is 3. The average Bonchev–Trinajstić information content (AvgIpc) is 3.46. The van der Waals surface area contributed by atoms with E-state index in [0.717, 1.165) is 34.6 Å². The second kappa shape index (κ2) is 14.1. The van der Waals surface area contributed by atoms with Gasteiger partial charge in [0.15, 0.2) is 0 Å². The summed E-state index contributed by atoms with van der Waals surface area (Å²) in [6, 6.07) is 21.8. The number of aryl methyl sites for hydroxylation is 1. The first-order valence-corrected chi connectivity index (χ1v) is 15.8. The zero-order chi connectivity index (χ0) is 34.6. The third-order valence-electron chi connectivity index (χ3n) is 8.26. The molecule has 3 amide bonds. The van der Waals surface area contributed by atoms with Crippen molar-refractivity contribution in [3.8, 4) is 11.4 Å². The van der Waals surface area contributed by atoms with Crippen LogP contribution >= 0.6 is 0 Å². The van der Waals surface area contributed by atoms with Crippen LogP contribution in [0.4, 0.5) is 33.9 Å². The Hall–Kier alpha value is -4.87. The summed E-state index contributed by atoms with van der Waals surface area (Å²) in [5.74, 6) is -0.145. The normalized spacial score (nSPS) is 14.2. The second-order valence-electron chi connectivity index (χ2n) is 13.1. The number of aromatic nitrogens is 2. The molecule has 1 aromatic heterocycles. The molecule has 0 atom stereocenters. The zero-order valence-corrected chi connectivity index (χ0v) is 27.3. The van der Waals surface area contributed by atoms with Crippen LogP contribution in [0.15, 0.2) is 78.9 Å². The molecule has 1 fully saturated rings. The van der Waals surface area contributed by atoms with E-state index in [1.807, 2.05) is 61.5 Å². The van der Waals surface area contributed by atoms with Gasteiger partial charge in [0.25, 0.3) is 5.91 Å². The third-order valence-corrected chi connectivity index (χ3v) is 8.26. The standard InChI is InChI=1S/C36H39F4N5O3/c1-23-12-14-27(15-13-23)45-31(22-30(43-45)35(2,3)4)42-34(47)41-29-11-6-5-8-25(29)20-24-16-18-44(19-17-24)32(46)26-9-7-10-28(21-26)48-36(39,40)33(37)38/h5-15,21-22,24,33H,16-20H2,1-4H3,(H2,41,42,47). The number of nitrogens with zero attached hydrogens (tertiary/aromatic N) is 3. The number of alkyl halides is 4. The molecule has 0 saturated carbocycles. The smallest absolute Gasteiger partial charge is 0.428 e. The molecule has 2 heterocycles. The molecule has 4 aromatic rings. The highest BCUT2D eigenvalue weighted by molar-refractivity contribution is 6.00. The Bertz CT molecular complexity index is 1740. The van der Waals surface area contributed by atoms with Gasteiger partial charge in [-0.3, -0.25) is 10.1 Å². The van der Waals surface area contributed by atoms with Crippen molar-refractivity contribution < 1.29 is 31.9 Å². The molecular formula is C36H39F4N5O3. The first-order valence-electron chi connectivity index (χ1n) is 15.8. The maximum atomic E-state index is 13.4. The number of carbonyl (C=O) groups excluding carboxylic acids is 2. The summed E-state index contributed by atoms with van der Waals surface area (Å²) in [4.78, 5) is 28.0. The Kier molecular flexibility index (Phi) is 10.1. The molecular weight excluding hydrogens is 626 g/mol. The predicted octanol–water partition coefficient (Wildman–Crippen LogP) is 8.45. The van der Waals surface area contributed by atoms with Crippen molar-refractivity contribution in [1.29, 1.82) is 0 Å². The molecule has 2 N–H and O–H groups in total. The molecule has 5 rings (SSSR count). The summed E-state index contributed by atoms with van der Waals surface area (Å²) in [5, 5.41) is 10.7. The van der Waals surface area contributed by atoms with Gasteiger partial charge in [0.2, 0.25) is 0 Å². The van der Waals surface area contributed by atoms with Gasteiger partial charge in [-0.1, -0.05) is 62.7 Å². The first kappa shape index (κ1) is 34.5. The molecule has 0 aliphatic carbocycles. The SMILES string of the molecule is Cc1ccc(-n2nc(C(C)(C)C)cc2NC(=O)Nc2ccccc2CC2CCN(C(=O)c3cccc(OC(F)(F)C(F)F)c3)CC2)cc1. The van der Waals surface area contributed by atoms with Gasteiger partial charge in [-0.05, 0) is 74.1 Å². The minimum absolute atomic E-state index is 0.0786. The lowest BCUT2D eigenvalue weighted by Gasteiger charge is -2.32. The number of likely N-dealkylation sites (tertiary alicyclic amines) is 1. The number of anilines is 2. The monoisotopic (exact) mass is 665 g/mol. The first-order chi connectivity index (χ1) is 22.7. The van der Waals surface area contributed by atoms with E-state index in [0.29, 0.717) is 43.9 Å². The molecule has 0 radical (unpaired) electrons. The van der Waals surface area contributed by atoms with Crippen LogP contribution in [0.3, 0.4) is 0 Å². The summed E-state index contributed by atoms with van der Waals surface area (Å²) in [6.45, 7) is 9.04. The minimum atomic E-state index is -4.66. The van der Waals surface area contributed by atoms with Crippen molar-refractivity contribution in [3.05, 3.63) is 101 Å². The van der Waals surface area contributed by atoms with Gasteiger partial charge in [0.1, 0.15) is 11.6 Å². The quantitative estimate of drug-likeness (QED) is 0.176. The van der Waals surface area contributed by atoms with E-state index in [-0.39, 0.29) is 16.9 Å². The molecule has 8 nitrogen and oxygen atoms in total. The number of para-hydroxylation sites is 1. The number of rotatable bonds is 9. The lowest BCUT2D eigenvalue weighted by Crippen LogP contribution is -2.39. The van der Waals surface area contributed by atoms with Crippen molar-refractivity contribution >= 4 is 23.4 Å². The van der Waals surface area contributed by atoms with Crippen LogP contribution < -0.4 is 15.4 Å². The van der Waals surface area contributed by atoms with E-state index in [1.54, 1.807) is 9.58 Å². The average molecular weight is 666 g/mol. The minimum Gasteiger partial charge on any atom is -0.428 e. The number of halogens is 4. The molecule has 1 aliphatic heterocycles. The van der Waals surface area contributed by atoms with E-state index in [4.69, 9.17) is 5.10 Å². The van der Waals surface area contributed by atoms with Crippen molar-refractivity contribution in [3.63, 3.8) is 0 Å². The van der Waals surface area contributed by atoms with Crippen LogP contribution in [0, 0.1) is 12.8 Å². The van der Waals surface area contributed by atoms with Crippen LogP contribution in [0.25, 0.3) is 5.69 Å². The van der Waals surface area contributed by atoms with Gasteiger partial charge in [0, 0.05) is 35.8 Å². The zero-order valence-electron chi connectivity index (χ0n) is 27.3. The fourth-order valence-corrected chi connectivity index (χ4v) is 5.54. The van der Waals surface area contributed by atoms with Crippen molar-refractivity contribution in [2.75, 3.05) is 23.7 Å². The predicted molar refractivity (Wildman–Crippen MR) is 176 cm³/mol. The Balaban J connectivity index is 1.21. The van der Waals surface area contributed by atoms with Crippen molar-refractivity contribution in [1.82, 2.24) is 14.7 Å². The van der Waals surface area contributed by atoms with Gasteiger partial charge in [-0.25, -0.2) is 9.48 Å². The molecule has 1 saturated heterocycles. The Labute approximate surface area is 277 Å². The maximum absolute atomic E-state index is 13.4. The molecule has 3 aromatic carbocycles. The number of amides is 3. The number of hydrogen-bond donors (Lipinski definition) is 2. The fourth-order valence-electron chi connectivity index (χ4n) is 5.54. The number of nitrogens with one attached hydrogen (secondary N) is 2. The summed E-state index contributed by atoms with van der Waals surface area (Å²) >= 11 is 0. The third kappa shape index (κ3) is 8.34. The Morgan fingerprint density at radius 1 is 0.938 bits per heavy atom. The Morgan fingerprint density at radius 3 is 2.29 bits per heavy atom. The maximum Gasteiger partial charge on any atom is 0.461 e. The van der Waals surface area contributed by atoms with E-state index >= 15 is 0 Å². The van der Waals surface area contributed by atoms with E-state index in [1.165, 1.54) is 12.1 Å².